The highest BCUT2D eigenvalue weighted by molar-refractivity contribution is 7.92. The summed E-state index contributed by atoms with van der Waals surface area (Å²) in [5.74, 6) is -1.21. The molecule has 0 unspecified atom stereocenters. The van der Waals surface area contributed by atoms with E-state index in [9.17, 15) is 18.0 Å². The van der Waals surface area contributed by atoms with Crippen molar-refractivity contribution in [2.45, 2.75) is 25.7 Å². The Morgan fingerprint density at radius 2 is 1.68 bits per heavy atom. The molecule has 1 N–H and O–H groups in total. The molecule has 3 aromatic rings. The molecule has 3 rings (SSSR count). The minimum atomic E-state index is -4.03. The highest BCUT2D eigenvalue weighted by Crippen LogP contribution is 2.26. The molecule has 9 heteroatoms. The van der Waals surface area contributed by atoms with Crippen LogP contribution >= 0.6 is 11.6 Å². The quantitative estimate of drug-likeness (QED) is 0.441. The molecule has 0 aliphatic carbocycles. The number of nitrogens with one attached hydrogen (secondary N) is 1. The van der Waals surface area contributed by atoms with Gasteiger partial charge in [0.15, 0.2) is 0 Å². The van der Waals surface area contributed by atoms with Gasteiger partial charge in [-0.1, -0.05) is 35.9 Å². The fourth-order valence-electron chi connectivity index (χ4n) is 3.21. The van der Waals surface area contributed by atoms with Gasteiger partial charge < -0.3 is 10.1 Å². The molecule has 0 aliphatic heterocycles. The van der Waals surface area contributed by atoms with Crippen molar-refractivity contribution in [2.75, 3.05) is 22.8 Å². The second kappa shape index (κ2) is 10.7. The van der Waals surface area contributed by atoms with Crippen molar-refractivity contribution < 1.29 is 22.7 Å². The molecule has 0 fully saturated rings. The SMILES string of the molecule is CCOC(=O)c1cc(NC(=O)CN(c2ccc(C)c(C)c2)S(=O)(=O)c2ccccc2)ccc1Cl. The predicted octanol–water partition coefficient (Wildman–Crippen LogP) is 4.97. The molecule has 0 saturated heterocycles. The topological polar surface area (TPSA) is 92.8 Å². The number of hydrogen-bond donors (Lipinski definition) is 1. The smallest absolute Gasteiger partial charge is 0.339 e. The monoisotopic (exact) mass is 500 g/mol. The average molecular weight is 501 g/mol. The van der Waals surface area contributed by atoms with Gasteiger partial charge in [0, 0.05) is 5.69 Å². The number of nitrogens with zero attached hydrogens (tertiary/aromatic N) is 1. The highest BCUT2D eigenvalue weighted by atomic mass is 35.5. The summed E-state index contributed by atoms with van der Waals surface area (Å²) in [5, 5.41) is 2.83. The van der Waals surface area contributed by atoms with Gasteiger partial charge in [0.25, 0.3) is 10.0 Å². The highest BCUT2D eigenvalue weighted by Gasteiger charge is 2.27. The zero-order valence-corrected chi connectivity index (χ0v) is 20.6. The van der Waals surface area contributed by atoms with Crippen molar-refractivity contribution in [1.82, 2.24) is 0 Å². The Labute approximate surface area is 204 Å². The normalized spacial score (nSPS) is 11.1. The summed E-state index contributed by atoms with van der Waals surface area (Å²) in [6.45, 7) is 5.16. The second-order valence-corrected chi connectivity index (χ2v) is 9.83. The Bertz CT molecular complexity index is 1310. The third kappa shape index (κ3) is 5.76. The van der Waals surface area contributed by atoms with E-state index in [2.05, 4.69) is 5.32 Å². The van der Waals surface area contributed by atoms with Crippen LogP contribution < -0.4 is 9.62 Å². The maximum absolute atomic E-state index is 13.4. The van der Waals surface area contributed by atoms with E-state index in [-0.39, 0.29) is 27.8 Å². The lowest BCUT2D eigenvalue weighted by Gasteiger charge is -2.25. The van der Waals surface area contributed by atoms with Gasteiger partial charge in [-0.25, -0.2) is 13.2 Å². The average Bonchev–Trinajstić information content (AvgIpc) is 2.81. The number of halogens is 1. The van der Waals surface area contributed by atoms with Gasteiger partial charge in [-0.05, 0) is 74.4 Å². The number of sulfonamides is 1. The van der Waals surface area contributed by atoms with Crippen LogP contribution in [0.15, 0.2) is 71.6 Å². The van der Waals surface area contributed by atoms with E-state index in [0.717, 1.165) is 15.4 Å². The second-order valence-electron chi connectivity index (χ2n) is 7.56. The van der Waals surface area contributed by atoms with Gasteiger partial charge in [-0.3, -0.25) is 9.10 Å². The third-order valence-electron chi connectivity index (χ3n) is 5.14. The van der Waals surface area contributed by atoms with E-state index in [1.807, 2.05) is 13.8 Å². The molecular weight excluding hydrogens is 476 g/mol. The van der Waals surface area contributed by atoms with E-state index >= 15 is 0 Å². The largest absolute Gasteiger partial charge is 0.462 e. The first-order chi connectivity index (χ1) is 16.1. The molecule has 0 aliphatic rings. The molecular formula is C25H25ClN2O5S. The van der Waals surface area contributed by atoms with Crippen LogP contribution in [-0.2, 0) is 19.6 Å². The van der Waals surface area contributed by atoms with Gasteiger partial charge in [0.05, 0.1) is 27.8 Å². The number of carbonyl (C=O) groups is 2. The van der Waals surface area contributed by atoms with Gasteiger partial charge in [-0.2, -0.15) is 0 Å². The number of hydrogen-bond acceptors (Lipinski definition) is 5. The minimum Gasteiger partial charge on any atom is -0.462 e. The zero-order valence-electron chi connectivity index (χ0n) is 19.0. The molecule has 0 bridgehead atoms. The first-order valence-electron chi connectivity index (χ1n) is 10.5. The van der Waals surface area contributed by atoms with Crippen LogP contribution in [-0.4, -0.2) is 33.4 Å². The van der Waals surface area contributed by atoms with Crippen molar-refractivity contribution in [2.24, 2.45) is 0 Å². The molecule has 1 amide bonds. The standard InChI is InChI=1S/C25H25ClN2O5S/c1-4-33-25(30)22-15-19(11-13-23(22)26)27-24(29)16-28(20-12-10-17(2)18(3)14-20)34(31,32)21-8-6-5-7-9-21/h5-15H,4,16H2,1-3H3,(H,27,29). The summed E-state index contributed by atoms with van der Waals surface area (Å²) >= 11 is 6.08. The fourth-order valence-corrected chi connectivity index (χ4v) is 4.84. The van der Waals surface area contributed by atoms with E-state index in [0.29, 0.717) is 5.69 Å². The lowest BCUT2D eigenvalue weighted by Crippen LogP contribution is -2.38. The van der Waals surface area contributed by atoms with Crippen LogP contribution in [0, 0.1) is 13.8 Å². The number of aryl methyl sites for hydroxylation is 2. The summed E-state index contributed by atoms with van der Waals surface area (Å²) in [6.07, 6.45) is 0. The molecule has 3 aromatic carbocycles. The lowest BCUT2D eigenvalue weighted by atomic mass is 10.1. The van der Waals surface area contributed by atoms with Crippen molar-refractivity contribution >= 4 is 44.9 Å². The molecule has 0 saturated carbocycles. The van der Waals surface area contributed by atoms with Gasteiger partial charge in [0.1, 0.15) is 6.54 Å². The predicted molar refractivity (Wildman–Crippen MR) is 133 cm³/mol. The summed E-state index contributed by atoms with van der Waals surface area (Å²) in [5.41, 5.74) is 2.64. The summed E-state index contributed by atoms with van der Waals surface area (Å²) in [7, 11) is -4.03. The lowest BCUT2D eigenvalue weighted by molar-refractivity contribution is -0.114. The molecule has 0 heterocycles. The maximum Gasteiger partial charge on any atom is 0.339 e. The Balaban J connectivity index is 1.93. The molecule has 34 heavy (non-hydrogen) atoms. The molecule has 0 spiro atoms. The zero-order chi connectivity index (χ0) is 24.9. The van der Waals surface area contributed by atoms with Gasteiger partial charge >= 0.3 is 5.97 Å². The fraction of sp³-hybridized carbons (Fsp3) is 0.200. The van der Waals surface area contributed by atoms with Gasteiger partial charge in [-0.15, -0.1) is 0 Å². The number of carbonyl (C=O) groups excluding carboxylic acids is 2. The molecule has 0 atom stereocenters. The van der Waals surface area contributed by atoms with Crippen molar-refractivity contribution in [3.63, 3.8) is 0 Å². The number of anilines is 2. The van der Waals surface area contributed by atoms with Crippen molar-refractivity contribution in [3.8, 4) is 0 Å². The van der Waals surface area contributed by atoms with Crippen LogP contribution in [0.5, 0.6) is 0 Å². The number of rotatable bonds is 8. The van der Waals surface area contributed by atoms with Gasteiger partial charge in [0.2, 0.25) is 5.91 Å². The van der Waals surface area contributed by atoms with E-state index in [4.69, 9.17) is 16.3 Å². The van der Waals surface area contributed by atoms with Crippen LogP contribution in [0.2, 0.25) is 5.02 Å². The van der Waals surface area contributed by atoms with Crippen molar-refractivity contribution in [1.29, 1.82) is 0 Å². The van der Waals surface area contributed by atoms with Crippen LogP contribution in [0.25, 0.3) is 0 Å². The molecule has 7 nitrogen and oxygen atoms in total. The number of ether oxygens (including phenoxy) is 1. The van der Waals surface area contributed by atoms with E-state index in [1.165, 1.54) is 30.3 Å². The maximum atomic E-state index is 13.4. The Morgan fingerprint density at radius 1 is 0.971 bits per heavy atom. The number of benzene rings is 3. The van der Waals surface area contributed by atoms with Crippen LogP contribution in [0.4, 0.5) is 11.4 Å². The van der Waals surface area contributed by atoms with Crippen LogP contribution in [0.1, 0.15) is 28.4 Å². The summed E-state index contributed by atoms with van der Waals surface area (Å²) in [4.78, 5) is 25.1. The Morgan fingerprint density at radius 3 is 2.32 bits per heavy atom. The first-order valence-corrected chi connectivity index (χ1v) is 12.4. The third-order valence-corrected chi connectivity index (χ3v) is 7.26. The van der Waals surface area contributed by atoms with E-state index < -0.39 is 28.4 Å². The van der Waals surface area contributed by atoms with E-state index in [1.54, 1.807) is 43.3 Å². The first kappa shape index (κ1) is 25.3. The number of esters is 1. The van der Waals surface area contributed by atoms with Crippen molar-refractivity contribution in [3.05, 3.63) is 88.4 Å². The Kier molecular flexibility index (Phi) is 7.96. The Hall–Kier alpha value is -3.36. The number of amides is 1. The van der Waals surface area contributed by atoms with Crippen LogP contribution in [0.3, 0.4) is 0 Å². The molecule has 0 aromatic heterocycles. The summed E-state index contributed by atoms with van der Waals surface area (Å²) in [6, 6.07) is 17.5. The minimum absolute atomic E-state index is 0.0668. The molecule has 0 radical (unpaired) electrons. The summed E-state index contributed by atoms with van der Waals surface area (Å²) < 4.78 is 32.9. The molecule has 178 valence electrons.